The third kappa shape index (κ3) is 3.61. The number of anilines is 1. The van der Waals surface area contributed by atoms with Gasteiger partial charge in [-0.05, 0) is 35.9 Å². The Labute approximate surface area is 135 Å². The van der Waals surface area contributed by atoms with Crippen LogP contribution in [0.1, 0.15) is 22.3 Å². The molecule has 0 amide bonds. The molecule has 0 aliphatic rings. The van der Waals surface area contributed by atoms with Crippen molar-refractivity contribution >= 4 is 11.4 Å². The van der Waals surface area contributed by atoms with Gasteiger partial charge < -0.3 is 15.8 Å². The number of nitrogens with two attached hydrogens (primary N) is 1. The topological polar surface area (TPSA) is 94.9 Å². The predicted molar refractivity (Wildman–Crippen MR) is 89.4 cm³/mol. The highest BCUT2D eigenvalue weighted by molar-refractivity contribution is 5.68. The molecule has 5 heteroatoms. The molecule has 0 aliphatic heterocycles. The minimum absolute atomic E-state index is 0.413. The number of benzene rings is 2. The molecule has 0 spiro atoms. The molecular formula is C18H16N4O. The van der Waals surface area contributed by atoms with Gasteiger partial charge in [-0.1, -0.05) is 12.6 Å². The molecule has 5 nitrogen and oxygen atoms in total. The van der Waals surface area contributed by atoms with Gasteiger partial charge in [-0.15, -0.1) is 0 Å². The second kappa shape index (κ2) is 7.02. The lowest BCUT2D eigenvalue weighted by Crippen LogP contribution is -2.04. The second-order valence-electron chi connectivity index (χ2n) is 4.89. The van der Waals surface area contributed by atoms with E-state index in [1.807, 2.05) is 0 Å². The van der Waals surface area contributed by atoms with E-state index in [4.69, 9.17) is 15.7 Å². The molecule has 0 aromatic heterocycles. The maximum Gasteiger partial charge on any atom is 0.123 e. The summed E-state index contributed by atoms with van der Waals surface area (Å²) >= 11 is 0. The van der Waals surface area contributed by atoms with E-state index in [0.29, 0.717) is 34.8 Å². The number of nitrogens with zero attached hydrogens (tertiary/aromatic N) is 2. The van der Waals surface area contributed by atoms with Crippen LogP contribution < -0.4 is 15.8 Å². The van der Waals surface area contributed by atoms with Gasteiger partial charge >= 0.3 is 0 Å². The van der Waals surface area contributed by atoms with Crippen molar-refractivity contribution in [3.8, 4) is 17.9 Å². The minimum atomic E-state index is 0.413. The number of rotatable bonds is 5. The summed E-state index contributed by atoms with van der Waals surface area (Å²) in [6.07, 6.45) is 0. The molecule has 0 atom stereocenters. The van der Waals surface area contributed by atoms with Gasteiger partial charge in [-0.25, -0.2) is 0 Å². The molecule has 3 N–H and O–H groups in total. The summed E-state index contributed by atoms with van der Waals surface area (Å²) in [4.78, 5) is 0. The maximum atomic E-state index is 9.28. The summed E-state index contributed by atoms with van der Waals surface area (Å²) in [5, 5.41) is 21.5. The van der Waals surface area contributed by atoms with E-state index >= 15 is 0 Å². The molecule has 0 aliphatic carbocycles. The van der Waals surface area contributed by atoms with Crippen molar-refractivity contribution in [2.24, 2.45) is 5.73 Å². The largest absolute Gasteiger partial charge is 0.496 e. The van der Waals surface area contributed by atoms with Crippen molar-refractivity contribution < 1.29 is 4.74 Å². The van der Waals surface area contributed by atoms with Crippen molar-refractivity contribution in [3.05, 3.63) is 65.2 Å². The first-order chi connectivity index (χ1) is 11.1. The predicted octanol–water partition coefficient (Wildman–Crippen LogP) is 2.98. The molecule has 2 rings (SSSR count). The molecule has 0 saturated heterocycles. The SMILES string of the molecule is C=C(N)c1ccc(NCc2cc(C#N)ccc2OC)c(C#N)c1. The number of nitriles is 2. The van der Waals surface area contributed by atoms with Gasteiger partial charge in [0, 0.05) is 17.8 Å². The smallest absolute Gasteiger partial charge is 0.123 e. The summed E-state index contributed by atoms with van der Waals surface area (Å²) in [5.41, 5.74) is 9.33. The Kier molecular flexibility index (Phi) is 4.86. The van der Waals surface area contributed by atoms with Crippen LogP contribution >= 0.6 is 0 Å². The lowest BCUT2D eigenvalue weighted by atomic mass is 10.1. The van der Waals surface area contributed by atoms with Crippen LogP contribution in [0.25, 0.3) is 5.70 Å². The van der Waals surface area contributed by atoms with E-state index in [1.165, 1.54) is 0 Å². The van der Waals surface area contributed by atoms with Gasteiger partial charge in [0.15, 0.2) is 0 Å². The first kappa shape index (κ1) is 15.9. The number of hydrogen-bond donors (Lipinski definition) is 2. The number of methoxy groups -OCH3 is 1. The quantitative estimate of drug-likeness (QED) is 0.885. The highest BCUT2D eigenvalue weighted by atomic mass is 16.5. The van der Waals surface area contributed by atoms with E-state index in [1.54, 1.807) is 43.5 Å². The Morgan fingerprint density at radius 1 is 1.22 bits per heavy atom. The van der Waals surface area contributed by atoms with Crippen LogP contribution in [0.4, 0.5) is 5.69 Å². The molecular weight excluding hydrogens is 288 g/mol. The average molecular weight is 304 g/mol. The van der Waals surface area contributed by atoms with E-state index in [0.717, 1.165) is 11.1 Å². The number of hydrogen-bond acceptors (Lipinski definition) is 5. The molecule has 23 heavy (non-hydrogen) atoms. The first-order valence-corrected chi connectivity index (χ1v) is 6.88. The molecule has 0 radical (unpaired) electrons. The molecule has 0 bridgehead atoms. The zero-order chi connectivity index (χ0) is 16.8. The molecule has 0 unspecified atom stereocenters. The zero-order valence-electron chi connectivity index (χ0n) is 12.8. The second-order valence-corrected chi connectivity index (χ2v) is 4.89. The molecule has 0 heterocycles. The van der Waals surface area contributed by atoms with Gasteiger partial charge in [0.25, 0.3) is 0 Å². The fourth-order valence-corrected chi connectivity index (χ4v) is 2.17. The summed E-state index contributed by atoms with van der Waals surface area (Å²) in [5.74, 6) is 0.682. The summed E-state index contributed by atoms with van der Waals surface area (Å²) in [7, 11) is 1.58. The van der Waals surface area contributed by atoms with Gasteiger partial charge in [0.1, 0.15) is 11.8 Å². The van der Waals surface area contributed by atoms with E-state index < -0.39 is 0 Å². The van der Waals surface area contributed by atoms with Crippen molar-refractivity contribution in [1.82, 2.24) is 0 Å². The summed E-state index contributed by atoms with van der Waals surface area (Å²) in [6.45, 7) is 4.09. The normalized spacial score (nSPS) is 9.52. The third-order valence-corrected chi connectivity index (χ3v) is 3.39. The summed E-state index contributed by atoms with van der Waals surface area (Å²) < 4.78 is 5.30. The zero-order valence-corrected chi connectivity index (χ0v) is 12.8. The molecule has 2 aromatic rings. The Bertz CT molecular complexity index is 828. The van der Waals surface area contributed by atoms with Gasteiger partial charge in [-0.2, -0.15) is 10.5 Å². The van der Waals surface area contributed by atoms with Crippen LogP contribution in [0.5, 0.6) is 5.75 Å². The summed E-state index contributed by atoms with van der Waals surface area (Å²) in [6, 6.07) is 14.7. The fourth-order valence-electron chi connectivity index (χ4n) is 2.17. The van der Waals surface area contributed by atoms with Crippen molar-refractivity contribution in [2.75, 3.05) is 12.4 Å². The Morgan fingerprint density at radius 2 is 2.00 bits per heavy atom. The van der Waals surface area contributed by atoms with Crippen LogP contribution in [0, 0.1) is 22.7 Å². The highest BCUT2D eigenvalue weighted by Crippen LogP contribution is 2.23. The Hall–Kier alpha value is -3.44. The van der Waals surface area contributed by atoms with E-state index in [-0.39, 0.29) is 0 Å². The van der Waals surface area contributed by atoms with Crippen molar-refractivity contribution in [2.45, 2.75) is 6.54 Å². The maximum absolute atomic E-state index is 9.28. The lowest BCUT2D eigenvalue weighted by Gasteiger charge is -2.13. The van der Waals surface area contributed by atoms with Gasteiger partial charge in [0.2, 0.25) is 0 Å². The van der Waals surface area contributed by atoms with E-state index in [2.05, 4.69) is 24.0 Å². The molecule has 114 valence electrons. The monoisotopic (exact) mass is 304 g/mol. The van der Waals surface area contributed by atoms with Gasteiger partial charge in [0.05, 0.1) is 30.0 Å². The third-order valence-electron chi connectivity index (χ3n) is 3.39. The van der Waals surface area contributed by atoms with Gasteiger partial charge in [-0.3, -0.25) is 0 Å². The Morgan fingerprint density at radius 3 is 2.61 bits per heavy atom. The molecule has 0 fully saturated rings. The Balaban J connectivity index is 2.26. The van der Waals surface area contributed by atoms with Crippen LogP contribution in [-0.2, 0) is 6.54 Å². The van der Waals surface area contributed by atoms with Crippen molar-refractivity contribution in [3.63, 3.8) is 0 Å². The average Bonchev–Trinajstić information content (AvgIpc) is 2.59. The molecule has 2 aromatic carbocycles. The fraction of sp³-hybridized carbons (Fsp3) is 0.111. The standard InChI is InChI=1S/C18H16N4O/c1-12(21)14-4-5-17(15(8-14)10-20)22-11-16-7-13(9-19)3-6-18(16)23-2/h3-8,22H,1,11,21H2,2H3. The molecule has 0 saturated carbocycles. The highest BCUT2D eigenvalue weighted by Gasteiger charge is 2.08. The van der Waals surface area contributed by atoms with Crippen LogP contribution in [0.3, 0.4) is 0 Å². The van der Waals surface area contributed by atoms with Crippen LogP contribution in [0.2, 0.25) is 0 Å². The minimum Gasteiger partial charge on any atom is -0.496 e. The lowest BCUT2D eigenvalue weighted by molar-refractivity contribution is 0.410. The van der Waals surface area contributed by atoms with E-state index in [9.17, 15) is 5.26 Å². The first-order valence-electron chi connectivity index (χ1n) is 6.88. The van der Waals surface area contributed by atoms with Crippen molar-refractivity contribution in [1.29, 1.82) is 10.5 Å². The van der Waals surface area contributed by atoms with Crippen LogP contribution in [0.15, 0.2) is 43.0 Å². The van der Waals surface area contributed by atoms with Crippen LogP contribution in [-0.4, -0.2) is 7.11 Å². The number of ether oxygens (including phenoxy) is 1. The number of nitrogens with one attached hydrogen (secondary N) is 1.